The number of halogens is 3. The molecule has 10 heteroatoms. The summed E-state index contributed by atoms with van der Waals surface area (Å²) >= 11 is 0. The number of likely N-dealkylation sites (tertiary alicyclic amines) is 1. The summed E-state index contributed by atoms with van der Waals surface area (Å²) in [6, 6.07) is 5.16. The minimum Gasteiger partial charge on any atom is -0.460 e. The van der Waals surface area contributed by atoms with Crippen LogP contribution in [0.5, 0.6) is 0 Å². The maximum atomic E-state index is 14.2. The van der Waals surface area contributed by atoms with Crippen molar-refractivity contribution in [1.29, 1.82) is 0 Å². The Bertz CT molecular complexity index is 1190. The van der Waals surface area contributed by atoms with Crippen LogP contribution in [-0.4, -0.2) is 45.6 Å². The van der Waals surface area contributed by atoms with E-state index in [1.54, 1.807) is 25.7 Å². The summed E-state index contributed by atoms with van der Waals surface area (Å²) in [7, 11) is 0. The second-order valence-electron chi connectivity index (χ2n) is 12.5. The molecule has 0 N–H and O–H groups in total. The third-order valence-electron chi connectivity index (χ3n) is 8.11. The van der Waals surface area contributed by atoms with Crippen molar-refractivity contribution < 1.29 is 32.0 Å². The van der Waals surface area contributed by atoms with Gasteiger partial charge in [-0.25, -0.2) is 0 Å². The number of nitrogens with zero attached hydrogens (tertiary/aromatic N) is 3. The largest absolute Gasteiger partial charge is 0.460 e. The Hall–Kier alpha value is -2.91. The quantitative estimate of drug-likeness (QED) is 0.392. The summed E-state index contributed by atoms with van der Waals surface area (Å²) in [5.41, 5.74) is -1.48. The van der Waals surface area contributed by atoms with Crippen LogP contribution >= 0.6 is 0 Å². The second kappa shape index (κ2) is 10.2. The standard InChI is InChI=1S/C29H36F3N3O4/c1-27(2,3)38-23(36)15-28(12-4-5-13-28)26(37)35-16-20(18-8-10-22(11-9-18)29(30,31)32)14-21(17-35)25-33-24(34-39-25)19-6-7-19/h8-11,19-21H,4-7,12-17H2,1-3H3. The van der Waals surface area contributed by atoms with Gasteiger partial charge in [-0.05, 0) is 70.6 Å². The molecule has 1 aromatic heterocycles. The zero-order valence-electron chi connectivity index (χ0n) is 22.7. The number of rotatable bonds is 6. The van der Waals surface area contributed by atoms with Gasteiger partial charge in [-0.2, -0.15) is 18.2 Å². The molecule has 2 atom stereocenters. The molecule has 1 saturated heterocycles. The number of esters is 1. The first-order valence-corrected chi connectivity index (χ1v) is 13.8. The van der Waals surface area contributed by atoms with Gasteiger partial charge in [-0.1, -0.05) is 30.1 Å². The van der Waals surface area contributed by atoms with E-state index < -0.39 is 28.7 Å². The number of hydrogen-bond acceptors (Lipinski definition) is 6. The lowest BCUT2D eigenvalue weighted by atomic mass is 9.78. The average molecular weight is 548 g/mol. The Morgan fingerprint density at radius 2 is 1.67 bits per heavy atom. The van der Waals surface area contributed by atoms with E-state index in [4.69, 9.17) is 9.26 Å². The van der Waals surface area contributed by atoms with Crippen LogP contribution in [0.3, 0.4) is 0 Å². The molecule has 0 bridgehead atoms. The number of ether oxygens (including phenoxy) is 1. The van der Waals surface area contributed by atoms with Crippen molar-refractivity contribution in [2.45, 2.75) is 102 Å². The Kier molecular flexibility index (Phi) is 7.26. The molecule has 2 heterocycles. The van der Waals surface area contributed by atoms with Gasteiger partial charge < -0.3 is 14.2 Å². The molecule has 5 rings (SSSR count). The van der Waals surface area contributed by atoms with Gasteiger partial charge in [0.1, 0.15) is 5.60 Å². The predicted octanol–water partition coefficient (Wildman–Crippen LogP) is 6.36. The van der Waals surface area contributed by atoms with Crippen LogP contribution in [0.25, 0.3) is 0 Å². The lowest BCUT2D eigenvalue weighted by molar-refractivity contribution is -0.162. The van der Waals surface area contributed by atoms with Crippen molar-refractivity contribution in [3.63, 3.8) is 0 Å². The van der Waals surface area contributed by atoms with Gasteiger partial charge in [0.15, 0.2) is 5.82 Å². The molecule has 7 nitrogen and oxygen atoms in total. The average Bonchev–Trinajstić information content (AvgIpc) is 3.40. The summed E-state index contributed by atoms with van der Waals surface area (Å²) in [4.78, 5) is 33.4. The highest BCUT2D eigenvalue weighted by molar-refractivity contribution is 5.88. The number of alkyl halides is 3. The third-order valence-corrected chi connectivity index (χ3v) is 8.11. The Balaban J connectivity index is 1.42. The molecule has 39 heavy (non-hydrogen) atoms. The van der Waals surface area contributed by atoms with Crippen molar-refractivity contribution in [3.05, 3.63) is 47.1 Å². The molecule has 212 valence electrons. The van der Waals surface area contributed by atoms with Crippen molar-refractivity contribution >= 4 is 11.9 Å². The van der Waals surface area contributed by atoms with Crippen LogP contribution in [0.2, 0.25) is 0 Å². The number of benzene rings is 1. The summed E-state index contributed by atoms with van der Waals surface area (Å²) in [6.45, 7) is 6.12. The molecular formula is C29H36F3N3O4. The fourth-order valence-corrected chi connectivity index (χ4v) is 6.06. The van der Waals surface area contributed by atoms with Crippen molar-refractivity contribution in [3.8, 4) is 0 Å². The van der Waals surface area contributed by atoms with Crippen LogP contribution in [0, 0.1) is 5.41 Å². The lowest BCUT2D eigenvalue weighted by Crippen LogP contribution is -2.49. The van der Waals surface area contributed by atoms with E-state index >= 15 is 0 Å². The zero-order chi connectivity index (χ0) is 28.0. The second-order valence-corrected chi connectivity index (χ2v) is 12.5. The number of carbonyl (C=O) groups is 2. The molecule has 2 aliphatic carbocycles. The fourth-order valence-electron chi connectivity index (χ4n) is 6.06. The van der Waals surface area contributed by atoms with Gasteiger partial charge in [0.05, 0.1) is 23.3 Å². The topological polar surface area (TPSA) is 85.5 Å². The summed E-state index contributed by atoms with van der Waals surface area (Å²) in [5, 5.41) is 4.15. The number of amides is 1. The van der Waals surface area contributed by atoms with Crippen molar-refractivity contribution in [2.75, 3.05) is 13.1 Å². The molecule has 2 saturated carbocycles. The number of hydrogen-bond donors (Lipinski definition) is 0. The molecule has 2 unspecified atom stereocenters. The maximum Gasteiger partial charge on any atom is 0.416 e. The Labute approximate surface area is 226 Å². The van der Waals surface area contributed by atoms with Crippen LogP contribution < -0.4 is 0 Å². The van der Waals surface area contributed by atoms with E-state index in [-0.39, 0.29) is 24.2 Å². The van der Waals surface area contributed by atoms with Crippen LogP contribution in [-0.2, 0) is 20.5 Å². The first kappa shape index (κ1) is 27.6. The van der Waals surface area contributed by atoms with Gasteiger partial charge in [0.25, 0.3) is 0 Å². The molecule has 3 aliphatic rings. The van der Waals surface area contributed by atoms with Gasteiger partial charge in [-0.15, -0.1) is 0 Å². The minimum atomic E-state index is -4.42. The molecular weight excluding hydrogens is 511 g/mol. The van der Waals surface area contributed by atoms with E-state index in [9.17, 15) is 22.8 Å². The normalized spacial score (nSPS) is 23.6. The molecule has 1 amide bonds. The summed E-state index contributed by atoms with van der Waals surface area (Å²) in [6.07, 6.45) is 1.11. The van der Waals surface area contributed by atoms with E-state index in [0.717, 1.165) is 43.4 Å². The first-order chi connectivity index (χ1) is 18.3. The molecule has 0 radical (unpaired) electrons. The van der Waals surface area contributed by atoms with E-state index in [2.05, 4.69) is 10.1 Å². The Morgan fingerprint density at radius 1 is 1.03 bits per heavy atom. The number of aromatic nitrogens is 2. The van der Waals surface area contributed by atoms with Crippen molar-refractivity contribution in [2.24, 2.45) is 5.41 Å². The van der Waals surface area contributed by atoms with Crippen LogP contribution in [0.4, 0.5) is 13.2 Å². The summed E-state index contributed by atoms with van der Waals surface area (Å²) < 4.78 is 50.8. The fraction of sp³-hybridized carbons (Fsp3) is 0.655. The maximum absolute atomic E-state index is 14.2. The molecule has 0 spiro atoms. The first-order valence-electron chi connectivity index (χ1n) is 13.8. The molecule has 2 aromatic rings. The summed E-state index contributed by atoms with van der Waals surface area (Å²) in [5.74, 6) is 0.480. The van der Waals surface area contributed by atoms with Gasteiger partial charge in [0.2, 0.25) is 11.8 Å². The highest BCUT2D eigenvalue weighted by Gasteiger charge is 2.48. The van der Waals surface area contributed by atoms with Crippen molar-refractivity contribution in [1.82, 2.24) is 15.0 Å². The van der Waals surface area contributed by atoms with Crippen LogP contribution in [0.15, 0.2) is 28.8 Å². The highest BCUT2D eigenvalue weighted by atomic mass is 19.4. The number of piperidine rings is 1. The van der Waals surface area contributed by atoms with Gasteiger partial charge >= 0.3 is 12.1 Å². The zero-order valence-corrected chi connectivity index (χ0v) is 22.7. The predicted molar refractivity (Wildman–Crippen MR) is 136 cm³/mol. The SMILES string of the molecule is CC(C)(C)OC(=O)CC1(C(=O)N2CC(c3ccc(C(F)(F)F)cc3)CC(c3nc(C4CC4)no3)C2)CCCC1. The minimum absolute atomic E-state index is 0.0155. The van der Waals surface area contributed by atoms with E-state index in [1.165, 1.54) is 12.1 Å². The molecule has 1 aromatic carbocycles. The number of carbonyl (C=O) groups excluding carboxylic acids is 2. The van der Waals surface area contributed by atoms with E-state index in [1.807, 2.05) is 0 Å². The highest BCUT2D eigenvalue weighted by Crippen LogP contribution is 2.46. The van der Waals surface area contributed by atoms with E-state index in [0.29, 0.717) is 50.0 Å². The third kappa shape index (κ3) is 6.30. The lowest BCUT2D eigenvalue weighted by Gasteiger charge is -2.41. The molecule has 3 fully saturated rings. The van der Waals surface area contributed by atoms with Gasteiger partial charge in [-0.3, -0.25) is 9.59 Å². The van der Waals surface area contributed by atoms with Crippen LogP contribution in [0.1, 0.15) is 113 Å². The Morgan fingerprint density at radius 3 is 2.26 bits per heavy atom. The molecule has 1 aliphatic heterocycles. The van der Waals surface area contributed by atoms with Gasteiger partial charge in [0, 0.05) is 24.9 Å². The smallest absolute Gasteiger partial charge is 0.416 e. The monoisotopic (exact) mass is 547 g/mol.